The summed E-state index contributed by atoms with van der Waals surface area (Å²) in [4.78, 5) is 0. The van der Waals surface area contributed by atoms with Gasteiger partial charge in [-0.1, -0.05) is 19.8 Å². The lowest BCUT2D eigenvalue weighted by Gasteiger charge is -2.11. The summed E-state index contributed by atoms with van der Waals surface area (Å²) in [6.45, 7) is 3.93. The summed E-state index contributed by atoms with van der Waals surface area (Å²) in [5, 5.41) is 8.94. The molecule has 2 atom stereocenters. The first-order valence-electron chi connectivity index (χ1n) is 4.10. The maximum atomic E-state index is 8.94. The summed E-state index contributed by atoms with van der Waals surface area (Å²) in [6, 6.07) is 0.194. The van der Waals surface area contributed by atoms with Crippen LogP contribution in [0.4, 0.5) is 0 Å². The van der Waals surface area contributed by atoms with Crippen molar-refractivity contribution >= 4 is 0 Å². The molecule has 2 heteroatoms. The van der Waals surface area contributed by atoms with Gasteiger partial charge in [0.1, 0.15) is 0 Å². The fraction of sp³-hybridized carbons (Fsp3) is 1.00. The molecule has 0 aromatic heterocycles. The average molecular weight is 145 g/mol. The minimum Gasteiger partial charge on any atom is -0.393 e. The van der Waals surface area contributed by atoms with E-state index in [1.807, 2.05) is 0 Å². The van der Waals surface area contributed by atoms with E-state index in [9.17, 15) is 0 Å². The lowest BCUT2D eigenvalue weighted by molar-refractivity contribution is 0.172. The van der Waals surface area contributed by atoms with E-state index in [-0.39, 0.29) is 12.1 Å². The molecule has 0 rings (SSSR count). The molecule has 0 aliphatic carbocycles. The van der Waals surface area contributed by atoms with Crippen molar-refractivity contribution in [3.8, 4) is 0 Å². The Hall–Kier alpha value is -0.0800. The van der Waals surface area contributed by atoms with Crippen molar-refractivity contribution in [1.29, 1.82) is 0 Å². The average Bonchev–Trinajstić information content (AvgIpc) is 1.82. The molecule has 10 heavy (non-hydrogen) atoms. The topological polar surface area (TPSA) is 46.2 Å². The molecule has 62 valence electrons. The first kappa shape index (κ1) is 9.92. The van der Waals surface area contributed by atoms with Crippen LogP contribution in [0, 0.1) is 0 Å². The van der Waals surface area contributed by atoms with Crippen molar-refractivity contribution in [1.82, 2.24) is 0 Å². The fourth-order valence-electron chi connectivity index (χ4n) is 1.02. The molecular formula is C8H19NO. The second-order valence-corrected chi connectivity index (χ2v) is 2.99. The SMILES string of the molecule is CCCCC(N)CC(C)O. The van der Waals surface area contributed by atoms with Crippen LogP contribution in [0.2, 0.25) is 0 Å². The highest BCUT2D eigenvalue weighted by Crippen LogP contribution is 2.03. The highest BCUT2D eigenvalue weighted by Gasteiger charge is 2.04. The molecule has 0 aliphatic heterocycles. The summed E-state index contributed by atoms with van der Waals surface area (Å²) in [5.41, 5.74) is 5.70. The standard InChI is InChI=1S/C8H19NO/c1-3-4-5-8(9)6-7(2)10/h7-8,10H,3-6,9H2,1-2H3. The largest absolute Gasteiger partial charge is 0.393 e. The van der Waals surface area contributed by atoms with E-state index >= 15 is 0 Å². The van der Waals surface area contributed by atoms with Crippen LogP contribution < -0.4 is 5.73 Å². The molecule has 0 heterocycles. The molecule has 0 radical (unpaired) electrons. The Morgan fingerprint density at radius 1 is 1.50 bits per heavy atom. The minimum absolute atomic E-state index is 0.194. The molecular weight excluding hydrogens is 126 g/mol. The zero-order valence-electron chi connectivity index (χ0n) is 7.01. The Bertz CT molecular complexity index is 73.7. The number of aliphatic hydroxyl groups excluding tert-OH is 1. The first-order valence-corrected chi connectivity index (χ1v) is 4.10. The van der Waals surface area contributed by atoms with E-state index in [1.54, 1.807) is 6.92 Å². The third-order valence-electron chi connectivity index (χ3n) is 1.57. The van der Waals surface area contributed by atoms with E-state index in [1.165, 1.54) is 12.8 Å². The molecule has 2 unspecified atom stereocenters. The van der Waals surface area contributed by atoms with Crippen molar-refractivity contribution in [3.63, 3.8) is 0 Å². The second-order valence-electron chi connectivity index (χ2n) is 2.99. The summed E-state index contributed by atoms with van der Waals surface area (Å²) in [6.07, 6.45) is 3.90. The van der Waals surface area contributed by atoms with Crippen LogP contribution in [0.15, 0.2) is 0 Å². The van der Waals surface area contributed by atoms with Gasteiger partial charge in [-0.25, -0.2) is 0 Å². The molecule has 0 bridgehead atoms. The molecule has 0 saturated carbocycles. The smallest absolute Gasteiger partial charge is 0.0526 e. The number of aliphatic hydroxyl groups is 1. The lowest BCUT2D eigenvalue weighted by atomic mass is 10.1. The summed E-state index contributed by atoms with van der Waals surface area (Å²) in [5.74, 6) is 0. The molecule has 2 nitrogen and oxygen atoms in total. The van der Waals surface area contributed by atoms with Gasteiger partial charge in [0.15, 0.2) is 0 Å². The van der Waals surface area contributed by atoms with Crippen LogP contribution in [0.25, 0.3) is 0 Å². The van der Waals surface area contributed by atoms with Crippen molar-refractivity contribution in [3.05, 3.63) is 0 Å². The van der Waals surface area contributed by atoms with Crippen molar-refractivity contribution in [2.75, 3.05) is 0 Å². The number of rotatable bonds is 5. The molecule has 0 spiro atoms. The minimum atomic E-state index is -0.244. The predicted octanol–water partition coefficient (Wildman–Crippen LogP) is 1.27. The Morgan fingerprint density at radius 3 is 2.50 bits per heavy atom. The fourth-order valence-corrected chi connectivity index (χ4v) is 1.02. The van der Waals surface area contributed by atoms with E-state index < -0.39 is 0 Å². The molecule has 0 aromatic rings. The van der Waals surface area contributed by atoms with E-state index in [0.717, 1.165) is 12.8 Å². The first-order chi connectivity index (χ1) is 4.66. The number of hydrogen-bond donors (Lipinski definition) is 2. The predicted molar refractivity (Wildman–Crippen MR) is 43.8 cm³/mol. The Kier molecular flexibility index (Phi) is 5.64. The molecule has 0 aliphatic rings. The lowest BCUT2D eigenvalue weighted by Crippen LogP contribution is -2.24. The normalized spacial score (nSPS) is 16.8. The highest BCUT2D eigenvalue weighted by molar-refractivity contribution is 4.63. The van der Waals surface area contributed by atoms with Gasteiger partial charge in [-0.3, -0.25) is 0 Å². The van der Waals surface area contributed by atoms with Gasteiger partial charge in [0, 0.05) is 6.04 Å². The van der Waals surface area contributed by atoms with Gasteiger partial charge in [0.2, 0.25) is 0 Å². The third kappa shape index (κ3) is 6.05. The molecule has 0 amide bonds. The van der Waals surface area contributed by atoms with Gasteiger partial charge in [0.25, 0.3) is 0 Å². The van der Waals surface area contributed by atoms with E-state index in [2.05, 4.69) is 6.92 Å². The van der Waals surface area contributed by atoms with E-state index in [0.29, 0.717) is 0 Å². The van der Waals surface area contributed by atoms with Gasteiger partial charge in [-0.15, -0.1) is 0 Å². The van der Waals surface area contributed by atoms with E-state index in [4.69, 9.17) is 10.8 Å². The molecule has 0 saturated heterocycles. The van der Waals surface area contributed by atoms with Crippen molar-refractivity contribution < 1.29 is 5.11 Å². The van der Waals surface area contributed by atoms with Gasteiger partial charge in [-0.2, -0.15) is 0 Å². The molecule has 3 N–H and O–H groups in total. The quantitative estimate of drug-likeness (QED) is 0.612. The third-order valence-corrected chi connectivity index (χ3v) is 1.57. The molecule has 0 aromatic carbocycles. The Balaban J connectivity index is 3.16. The second kappa shape index (κ2) is 5.69. The van der Waals surface area contributed by atoms with Crippen LogP contribution in [-0.4, -0.2) is 17.3 Å². The van der Waals surface area contributed by atoms with Crippen molar-refractivity contribution in [2.24, 2.45) is 5.73 Å². The van der Waals surface area contributed by atoms with Crippen LogP contribution in [0.5, 0.6) is 0 Å². The number of unbranched alkanes of at least 4 members (excludes halogenated alkanes) is 1. The summed E-state index contributed by atoms with van der Waals surface area (Å²) < 4.78 is 0. The van der Waals surface area contributed by atoms with Gasteiger partial charge >= 0.3 is 0 Å². The van der Waals surface area contributed by atoms with Crippen molar-refractivity contribution in [2.45, 2.75) is 51.7 Å². The maximum Gasteiger partial charge on any atom is 0.0526 e. The summed E-state index contributed by atoms with van der Waals surface area (Å²) >= 11 is 0. The maximum absolute atomic E-state index is 8.94. The van der Waals surface area contributed by atoms with Crippen LogP contribution in [0.3, 0.4) is 0 Å². The Labute approximate surface area is 63.4 Å². The van der Waals surface area contributed by atoms with Gasteiger partial charge in [-0.05, 0) is 19.8 Å². The van der Waals surface area contributed by atoms with Crippen LogP contribution in [0.1, 0.15) is 39.5 Å². The summed E-state index contributed by atoms with van der Waals surface area (Å²) in [7, 11) is 0. The number of nitrogens with two attached hydrogens (primary N) is 1. The Morgan fingerprint density at radius 2 is 2.10 bits per heavy atom. The molecule has 0 fully saturated rings. The van der Waals surface area contributed by atoms with Gasteiger partial charge < -0.3 is 10.8 Å². The van der Waals surface area contributed by atoms with Gasteiger partial charge in [0.05, 0.1) is 6.10 Å². The highest BCUT2D eigenvalue weighted by atomic mass is 16.3. The number of hydrogen-bond acceptors (Lipinski definition) is 2. The monoisotopic (exact) mass is 145 g/mol. The zero-order chi connectivity index (χ0) is 7.98. The van der Waals surface area contributed by atoms with Crippen LogP contribution >= 0.6 is 0 Å². The zero-order valence-corrected chi connectivity index (χ0v) is 7.01. The van der Waals surface area contributed by atoms with Crippen LogP contribution in [-0.2, 0) is 0 Å².